The van der Waals surface area contributed by atoms with Crippen molar-refractivity contribution in [2.45, 2.75) is 13.0 Å². The van der Waals surface area contributed by atoms with Gasteiger partial charge in [0, 0.05) is 6.07 Å². The highest BCUT2D eigenvalue weighted by atomic mass is 19.4. The van der Waals surface area contributed by atoms with Gasteiger partial charge in [-0.15, -0.1) is 13.2 Å². The predicted molar refractivity (Wildman–Crippen MR) is 44.6 cm³/mol. The average molecular weight is 239 g/mol. The van der Waals surface area contributed by atoms with Crippen LogP contribution < -0.4 is 4.74 Å². The fourth-order valence-corrected chi connectivity index (χ4v) is 1.04. The Morgan fingerprint density at radius 3 is 2.44 bits per heavy atom. The summed E-state index contributed by atoms with van der Waals surface area (Å²) in [6.07, 6.45) is -4.91. The summed E-state index contributed by atoms with van der Waals surface area (Å²) in [7, 11) is 0. The van der Waals surface area contributed by atoms with E-state index in [1.54, 1.807) is 0 Å². The molecule has 0 atom stereocenters. The number of nitro benzene ring substituents is 1. The molecule has 0 aromatic heterocycles. The molecule has 0 aliphatic carbocycles. The molecule has 0 aliphatic heterocycles. The molecule has 4 nitrogen and oxygen atoms in total. The van der Waals surface area contributed by atoms with Crippen LogP contribution in [0.2, 0.25) is 0 Å². The van der Waals surface area contributed by atoms with Gasteiger partial charge in [-0.25, -0.2) is 4.39 Å². The van der Waals surface area contributed by atoms with E-state index in [-0.39, 0.29) is 0 Å². The Hall–Kier alpha value is -1.86. The fourth-order valence-electron chi connectivity index (χ4n) is 1.04. The van der Waals surface area contributed by atoms with Crippen molar-refractivity contribution in [2.24, 2.45) is 0 Å². The monoisotopic (exact) mass is 239 g/mol. The highest BCUT2D eigenvalue weighted by Crippen LogP contribution is 2.28. The van der Waals surface area contributed by atoms with Crippen LogP contribution in [0.25, 0.3) is 0 Å². The van der Waals surface area contributed by atoms with E-state index < -0.39 is 35.0 Å². The van der Waals surface area contributed by atoms with E-state index in [0.29, 0.717) is 6.07 Å². The zero-order chi connectivity index (χ0) is 12.3. The third-order valence-corrected chi connectivity index (χ3v) is 1.63. The molecule has 88 valence electrons. The van der Waals surface area contributed by atoms with Crippen LogP contribution in [0.15, 0.2) is 18.2 Å². The Morgan fingerprint density at radius 2 is 2.00 bits per heavy atom. The van der Waals surface area contributed by atoms with Gasteiger partial charge >= 0.3 is 6.36 Å². The van der Waals surface area contributed by atoms with Gasteiger partial charge in [0.05, 0.1) is 10.5 Å². The Kier molecular flexibility index (Phi) is 3.31. The van der Waals surface area contributed by atoms with Crippen molar-refractivity contribution in [3.63, 3.8) is 0 Å². The minimum atomic E-state index is -4.91. The van der Waals surface area contributed by atoms with Crippen LogP contribution in [0.4, 0.5) is 23.2 Å². The molecule has 0 saturated carbocycles. The summed E-state index contributed by atoms with van der Waals surface area (Å²) in [6, 6.07) is 2.16. The zero-order valence-electron chi connectivity index (χ0n) is 7.62. The minimum Gasteiger partial charge on any atom is -0.406 e. The molecule has 1 aromatic rings. The number of benzene rings is 1. The van der Waals surface area contributed by atoms with E-state index in [2.05, 4.69) is 4.74 Å². The molecular weight excluding hydrogens is 234 g/mol. The second kappa shape index (κ2) is 4.33. The first-order valence-electron chi connectivity index (χ1n) is 3.92. The van der Waals surface area contributed by atoms with E-state index in [0.717, 1.165) is 12.1 Å². The third-order valence-electron chi connectivity index (χ3n) is 1.63. The van der Waals surface area contributed by atoms with Crippen LogP contribution in [-0.2, 0) is 6.67 Å². The lowest BCUT2D eigenvalue weighted by Gasteiger charge is -2.09. The molecular formula is C8H5F4NO3. The number of halogens is 4. The van der Waals surface area contributed by atoms with Gasteiger partial charge in [0.25, 0.3) is 5.69 Å². The normalized spacial score (nSPS) is 11.2. The molecule has 8 heteroatoms. The third kappa shape index (κ3) is 3.07. The number of nitro groups is 1. The molecule has 0 heterocycles. The number of nitrogens with zero attached hydrogens (tertiary/aromatic N) is 1. The van der Waals surface area contributed by atoms with Crippen molar-refractivity contribution >= 4 is 5.69 Å². The molecule has 0 radical (unpaired) electrons. The van der Waals surface area contributed by atoms with Crippen molar-refractivity contribution < 1.29 is 27.2 Å². The van der Waals surface area contributed by atoms with Crippen LogP contribution >= 0.6 is 0 Å². The molecule has 0 saturated heterocycles. The van der Waals surface area contributed by atoms with Gasteiger partial charge in [0.2, 0.25) is 0 Å². The van der Waals surface area contributed by atoms with Crippen molar-refractivity contribution in [1.82, 2.24) is 0 Å². The second-order valence-corrected chi connectivity index (χ2v) is 2.73. The molecule has 0 aliphatic rings. The van der Waals surface area contributed by atoms with Crippen LogP contribution in [-0.4, -0.2) is 11.3 Å². The van der Waals surface area contributed by atoms with E-state index in [1.807, 2.05) is 0 Å². The average Bonchev–Trinajstić information content (AvgIpc) is 2.14. The molecule has 0 unspecified atom stereocenters. The van der Waals surface area contributed by atoms with E-state index >= 15 is 0 Å². The van der Waals surface area contributed by atoms with Crippen LogP contribution in [0.1, 0.15) is 5.56 Å². The van der Waals surface area contributed by atoms with Crippen LogP contribution in [0, 0.1) is 10.1 Å². The topological polar surface area (TPSA) is 52.4 Å². The standard InChI is InChI=1S/C8H5F4NO3/c9-4-5-3-6(16-8(10,11)12)1-2-7(5)13(14)15/h1-3H,4H2. The van der Waals surface area contributed by atoms with Crippen molar-refractivity contribution in [3.05, 3.63) is 33.9 Å². The number of hydrogen-bond donors (Lipinski definition) is 0. The lowest BCUT2D eigenvalue weighted by molar-refractivity contribution is -0.385. The maximum atomic E-state index is 12.3. The van der Waals surface area contributed by atoms with Gasteiger partial charge in [0.15, 0.2) is 0 Å². The lowest BCUT2D eigenvalue weighted by atomic mass is 10.2. The number of hydrogen-bond acceptors (Lipinski definition) is 3. The minimum absolute atomic E-state index is 0.466. The molecule has 0 spiro atoms. The Labute approximate surface area is 86.6 Å². The lowest BCUT2D eigenvalue weighted by Crippen LogP contribution is -2.17. The van der Waals surface area contributed by atoms with E-state index in [9.17, 15) is 27.7 Å². The number of alkyl halides is 4. The van der Waals surface area contributed by atoms with Crippen molar-refractivity contribution in [3.8, 4) is 5.75 Å². The Balaban J connectivity index is 3.05. The first-order valence-corrected chi connectivity index (χ1v) is 3.92. The van der Waals surface area contributed by atoms with Gasteiger partial charge < -0.3 is 4.74 Å². The fraction of sp³-hybridized carbons (Fsp3) is 0.250. The summed E-state index contributed by atoms with van der Waals surface area (Å²) in [5.74, 6) is -0.689. The van der Waals surface area contributed by atoms with Crippen LogP contribution in [0.3, 0.4) is 0 Å². The first-order chi connectivity index (χ1) is 7.33. The number of rotatable bonds is 3. The van der Waals surface area contributed by atoms with E-state index in [1.165, 1.54) is 0 Å². The van der Waals surface area contributed by atoms with Gasteiger partial charge in [0.1, 0.15) is 12.4 Å². The molecule has 0 fully saturated rings. The smallest absolute Gasteiger partial charge is 0.406 e. The summed E-state index contributed by atoms with van der Waals surface area (Å²) in [4.78, 5) is 9.47. The highest BCUT2D eigenvalue weighted by Gasteiger charge is 2.31. The molecule has 1 aromatic carbocycles. The Morgan fingerprint density at radius 1 is 1.38 bits per heavy atom. The maximum absolute atomic E-state index is 12.3. The van der Waals surface area contributed by atoms with Gasteiger partial charge in [-0.1, -0.05) is 0 Å². The predicted octanol–water partition coefficient (Wildman–Crippen LogP) is 2.96. The van der Waals surface area contributed by atoms with Gasteiger partial charge in [-0.2, -0.15) is 0 Å². The van der Waals surface area contributed by atoms with Crippen molar-refractivity contribution in [2.75, 3.05) is 0 Å². The highest BCUT2D eigenvalue weighted by molar-refractivity contribution is 5.44. The van der Waals surface area contributed by atoms with Gasteiger partial charge in [-0.3, -0.25) is 10.1 Å². The van der Waals surface area contributed by atoms with Gasteiger partial charge in [-0.05, 0) is 12.1 Å². The molecule has 0 bridgehead atoms. The summed E-state index contributed by atoms with van der Waals surface area (Å²) in [5, 5.41) is 10.4. The number of ether oxygens (including phenoxy) is 1. The molecule has 0 amide bonds. The summed E-state index contributed by atoms with van der Waals surface area (Å²) < 4.78 is 51.2. The quantitative estimate of drug-likeness (QED) is 0.463. The zero-order valence-corrected chi connectivity index (χ0v) is 7.62. The first kappa shape index (κ1) is 12.2. The maximum Gasteiger partial charge on any atom is 0.573 e. The molecule has 0 N–H and O–H groups in total. The molecule has 16 heavy (non-hydrogen) atoms. The van der Waals surface area contributed by atoms with Crippen LogP contribution in [0.5, 0.6) is 5.75 Å². The van der Waals surface area contributed by atoms with E-state index in [4.69, 9.17) is 0 Å². The van der Waals surface area contributed by atoms with Crippen molar-refractivity contribution in [1.29, 1.82) is 0 Å². The summed E-state index contributed by atoms with van der Waals surface area (Å²) >= 11 is 0. The summed E-state index contributed by atoms with van der Waals surface area (Å²) in [5.41, 5.74) is -1.05. The second-order valence-electron chi connectivity index (χ2n) is 2.73. The summed E-state index contributed by atoms with van der Waals surface area (Å²) in [6.45, 7) is -1.24. The molecule has 1 rings (SSSR count). The SMILES string of the molecule is O=[N+]([O-])c1ccc(OC(F)(F)F)cc1CF. The Bertz CT molecular complexity index is 405. The largest absolute Gasteiger partial charge is 0.573 e.